The molecule has 1 amide bonds. The van der Waals surface area contributed by atoms with Gasteiger partial charge in [-0.3, -0.25) is 4.79 Å². The third-order valence-electron chi connectivity index (χ3n) is 3.76. The number of benzene rings is 1. The van der Waals surface area contributed by atoms with Crippen LogP contribution in [-0.2, 0) is 13.6 Å². The van der Waals surface area contributed by atoms with Gasteiger partial charge >= 0.3 is 0 Å². The molecule has 1 heterocycles. The zero-order valence-electron chi connectivity index (χ0n) is 11.9. The Balaban J connectivity index is 1.83. The van der Waals surface area contributed by atoms with Crippen molar-refractivity contribution in [3.63, 3.8) is 0 Å². The highest BCUT2D eigenvalue weighted by Crippen LogP contribution is 2.30. The number of halogens is 1. The van der Waals surface area contributed by atoms with Gasteiger partial charge in [-0.25, -0.2) is 4.39 Å². The van der Waals surface area contributed by atoms with Crippen molar-refractivity contribution < 1.29 is 9.18 Å². The van der Waals surface area contributed by atoms with E-state index in [-0.39, 0.29) is 17.8 Å². The Hall–Kier alpha value is -2.30. The Morgan fingerprint density at radius 1 is 1.38 bits per heavy atom. The number of nitrogen functional groups attached to an aromatic ring is 1. The lowest BCUT2D eigenvalue weighted by Crippen LogP contribution is -2.33. The minimum Gasteiger partial charge on any atom is -0.397 e. The summed E-state index contributed by atoms with van der Waals surface area (Å²) >= 11 is 0. The molecule has 1 aromatic heterocycles. The van der Waals surface area contributed by atoms with Crippen LogP contribution in [0.1, 0.15) is 28.9 Å². The first-order chi connectivity index (χ1) is 10.0. The lowest BCUT2D eigenvalue weighted by atomic mass is 10.2. The number of carbonyl (C=O) groups excluding carboxylic acids is 1. The van der Waals surface area contributed by atoms with Crippen molar-refractivity contribution in [2.75, 3.05) is 5.73 Å². The summed E-state index contributed by atoms with van der Waals surface area (Å²) in [7, 11) is 1.81. The van der Waals surface area contributed by atoms with E-state index in [2.05, 4.69) is 0 Å². The Morgan fingerprint density at radius 2 is 2.05 bits per heavy atom. The second kappa shape index (κ2) is 5.24. The number of hydrogen-bond acceptors (Lipinski definition) is 2. The predicted octanol–water partition coefficient (Wildman–Crippen LogP) is 2.55. The molecule has 0 radical (unpaired) electrons. The monoisotopic (exact) mass is 287 g/mol. The van der Waals surface area contributed by atoms with Crippen molar-refractivity contribution in [2.24, 2.45) is 7.05 Å². The van der Waals surface area contributed by atoms with Crippen LogP contribution < -0.4 is 5.73 Å². The van der Waals surface area contributed by atoms with Crippen LogP contribution in [0.4, 0.5) is 10.1 Å². The molecule has 0 atom stereocenters. The fourth-order valence-corrected chi connectivity index (χ4v) is 2.49. The van der Waals surface area contributed by atoms with Crippen LogP contribution in [-0.4, -0.2) is 21.4 Å². The molecule has 21 heavy (non-hydrogen) atoms. The van der Waals surface area contributed by atoms with Crippen molar-refractivity contribution >= 4 is 11.6 Å². The van der Waals surface area contributed by atoms with Crippen molar-refractivity contribution in [1.82, 2.24) is 9.47 Å². The van der Waals surface area contributed by atoms with Gasteiger partial charge in [-0.15, -0.1) is 0 Å². The van der Waals surface area contributed by atoms with Crippen LogP contribution in [0.2, 0.25) is 0 Å². The number of aromatic nitrogens is 1. The van der Waals surface area contributed by atoms with E-state index in [0.29, 0.717) is 17.9 Å². The van der Waals surface area contributed by atoms with Crippen LogP contribution in [0.3, 0.4) is 0 Å². The molecule has 0 unspecified atom stereocenters. The SMILES string of the molecule is Cn1cc(N)cc1C(=O)N(Cc1ccc(F)cc1)C1CC1. The molecule has 5 heteroatoms. The number of nitrogens with zero attached hydrogens (tertiary/aromatic N) is 2. The van der Waals surface area contributed by atoms with Gasteiger partial charge in [0.05, 0.1) is 5.69 Å². The molecule has 0 aliphatic heterocycles. The number of carbonyl (C=O) groups is 1. The van der Waals surface area contributed by atoms with E-state index in [1.54, 1.807) is 29.0 Å². The predicted molar refractivity (Wildman–Crippen MR) is 79.1 cm³/mol. The van der Waals surface area contributed by atoms with Crippen LogP contribution in [0.15, 0.2) is 36.5 Å². The van der Waals surface area contributed by atoms with Crippen LogP contribution in [0, 0.1) is 5.82 Å². The normalized spacial score (nSPS) is 14.2. The Morgan fingerprint density at radius 3 is 2.57 bits per heavy atom. The molecule has 1 fully saturated rings. The molecule has 1 aliphatic carbocycles. The highest BCUT2D eigenvalue weighted by Gasteiger charge is 2.34. The summed E-state index contributed by atoms with van der Waals surface area (Å²) in [5.41, 5.74) is 7.84. The van der Waals surface area contributed by atoms with Gasteiger partial charge in [-0.05, 0) is 36.6 Å². The number of nitrogens with two attached hydrogens (primary N) is 1. The van der Waals surface area contributed by atoms with Crippen molar-refractivity contribution in [2.45, 2.75) is 25.4 Å². The van der Waals surface area contributed by atoms with Crippen LogP contribution in [0.25, 0.3) is 0 Å². The Bertz CT molecular complexity index is 659. The molecule has 2 aromatic rings. The smallest absolute Gasteiger partial charge is 0.271 e. The molecule has 1 aliphatic rings. The molecule has 3 rings (SSSR count). The first-order valence-electron chi connectivity index (χ1n) is 7.02. The quantitative estimate of drug-likeness (QED) is 0.939. The first-order valence-corrected chi connectivity index (χ1v) is 7.02. The van der Waals surface area contributed by atoms with Gasteiger partial charge < -0.3 is 15.2 Å². The molecule has 110 valence electrons. The van der Waals surface area contributed by atoms with Gasteiger partial charge in [0.2, 0.25) is 0 Å². The minimum atomic E-state index is -0.266. The van der Waals surface area contributed by atoms with Gasteiger partial charge in [0.25, 0.3) is 5.91 Å². The largest absolute Gasteiger partial charge is 0.397 e. The van der Waals surface area contributed by atoms with E-state index in [4.69, 9.17) is 5.73 Å². The number of rotatable bonds is 4. The zero-order chi connectivity index (χ0) is 15.0. The summed E-state index contributed by atoms with van der Waals surface area (Å²) < 4.78 is 14.7. The van der Waals surface area contributed by atoms with E-state index in [9.17, 15) is 9.18 Å². The van der Waals surface area contributed by atoms with Gasteiger partial charge in [0.1, 0.15) is 11.5 Å². The first kappa shape index (κ1) is 13.7. The summed E-state index contributed by atoms with van der Waals surface area (Å²) in [6.07, 6.45) is 3.77. The Labute approximate surface area is 123 Å². The Kier molecular flexibility index (Phi) is 3.41. The van der Waals surface area contributed by atoms with Crippen LogP contribution in [0.5, 0.6) is 0 Å². The van der Waals surface area contributed by atoms with E-state index >= 15 is 0 Å². The fourth-order valence-electron chi connectivity index (χ4n) is 2.49. The van der Waals surface area contributed by atoms with E-state index in [1.807, 2.05) is 11.9 Å². The third-order valence-corrected chi connectivity index (χ3v) is 3.76. The fraction of sp³-hybridized carbons (Fsp3) is 0.312. The van der Waals surface area contributed by atoms with Gasteiger partial charge in [-0.2, -0.15) is 0 Å². The summed E-state index contributed by atoms with van der Waals surface area (Å²) in [6.45, 7) is 0.495. The molecule has 2 N–H and O–H groups in total. The van der Waals surface area contributed by atoms with Crippen molar-refractivity contribution in [1.29, 1.82) is 0 Å². The second-order valence-electron chi connectivity index (χ2n) is 5.56. The second-order valence-corrected chi connectivity index (χ2v) is 5.56. The van der Waals surface area contributed by atoms with Gasteiger partial charge in [0.15, 0.2) is 0 Å². The highest BCUT2D eigenvalue weighted by atomic mass is 19.1. The highest BCUT2D eigenvalue weighted by molar-refractivity contribution is 5.94. The molecule has 0 saturated heterocycles. The molecule has 4 nitrogen and oxygen atoms in total. The molecule has 0 bridgehead atoms. The zero-order valence-corrected chi connectivity index (χ0v) is 11.9. The molecule has 1 saturated carbocycles. The number of amides is 1. The molecular formula is C16H18FN3O. The van der Waals surface area contributed by atoms with E-state index in [0.717, 1.165) is 18.4 Å². The third kappa shape index (κ3) is 2.91. The maximum Gasteiger partial charge on any atom is 0.271 e. The summed E-state index contributed by atoms with van der Waals surface area (Å²) in [4.78, 5) is 14.6. The van der Waals surface area contributed by atoms with E-state index < -0.39 is 0 Å². The van der Waals surface area contributed by atoms with Gasteiger partial charge in [0, 0.05) is 25.8 Å². The molecule has 1 aromatic carbocycles. The maximum absolute atomic E-state index is 13.0. The molecular weight excluding hydrogens is 269 g/mol. The average molecular weight is 287 g/mol. The lowest BCUT2D eigenvalue weighted by molar-refractivity contribution is 0.0720. The molecule has 0 spiro atoms. The van der Waals surface area contributed by atoms with Crippen molar-refractivity contribution in [3.05, 3.63) is 53.6 Å². The van der Waals surface area contributed by atoms with Crippen LogP contribution >= 0.6 is 0 Å². The van der Waals surface area contributed by atoms with Crippen molar-refractivity contribution in [3.8, 4) is 0 Å². The average Bonchev–Trinajstić information content (AvgIpc) is 3.22. The number of aryl methyl sites for hydroxylation is 1. The van der Waals surface area contributed by atoms with Gasteiger partial charge in [-0.1, -0.05) is 12.1 Å². The minimum absolute atomic E-state index is 0.0268. The lowest BCUT2D eigenvalue weighted by Gasteiger charge is -2.22. The van der Waals surface area contributed by atoms with E-state index in [1.165, 1.54) is 12.1 Å². The topological polar surface area (TPSA) is 51.3 Å². The summed E-state index contributed by atoms with van der Waals surface area (Å²) in [6, 6.07) is 8.26. The number of hydrogen-bond donors (Lipinski definition) is 1. The number of anilines is 1. The summed E-state index contributed by atoms with van der Waals surface area (Å²) in [5.74, 6) is -0.292. The maximum atomic E-state index is 13.0. The standard InChI is InChI=1S/C16H18FN3O/c1-19-10-13(18)8-15(19)16(21)20(14-6-7-14)9-11-2-4-12(17)5-3-11/h2-5,8,10,14H,6-7,9,18H2,1H3. The summed E-state index contributed by atoms with van der Waals surface area (Å²) in [5, 5.41) is 0.